The molecule has 0 spiro atoms. The van der Waals surface area contributed by atoms with E-state index in [4.69, 9.17) is 0 Å². The van der Waals surface area contributed by atoms with Crippen molar-refractivity contribution in [1.29, 1.82) is 0 Å². The number of para-hydroxylation sites is 1. The van der Waals surface area contributed by atoms with Crippen LogP contribution in [0.15, 0.2) is 72.0 Å². The molecular weight excluding hydrogens is 395 g/mol. The summed E-state index contributed by atoms with van der Waals surface area (Å²) in [6.45, 7) is -0.382. The molecule has 152 valence electrons. The molecular formula is C21H16F3N5O. The Morgan fingerprint density at radius 2 is 1.83 bits per heavy atom. The number of carbonyl (C=O) groups excluding carboxylic acids is 1. The van der Waals surface area contributed by atoms with Gasteiger partial charge in [-0.1, -0.05) is 48.5 Å². The Morgan fingerprint density at radius 3 is 2.57 bits per heavy atom. The maximum atomic E-state index is 12.6. The van der Waals surface area contributed by atoms with Gasteiger partial charge in [-0.3, -0.25) is 9.48 Å². The van der Waals surface area contributed by atoms with Crippen molar-refractivity contribution in [2.24, 2.45) is 5.10 Å². The lowest BCUT2D eigenvalue weighted by Crippen LogP contribution is -2.23. The van der Waals surface area contributed by atoms with Crippen molar-refractivity contribution in [2.75, 3.05) is 0 Å². The predicted octanol–water partition coefficient (Wildman–Crippen LogP) is 4.20. The molecule has 4 rings (SSSR count). The molecule has 0 saturated heterocycles. The third-order valence-electron chi connectivity index (χ3n) is 4.43. The molecule has 4 aromatic rings. The second-order valence-corrected chi connectivity index (χ2v) is 6.51. The van der Waals surface area contributed by atoms with Crippen molar-refractivity contribution in [3.8, 4) is 11.3 Å². The van der Waals surface area contributed by atoms with Crippen LogP contribution in [0.4, 0.5) is 13.2 Å². The standard InChI is InChI=1S/C21H16F3N5O/c22-21(23,24)18-10-11-29(28-18)13-19(30)27-25-12-16-15-8-4-5-9-17(15)26-20(16)14-6-2-1-3-7-14/h1-12,26H,13H2,(H,27,30)/b25-12+. The smallest absolute Gasteiger partial charge is 0.354 e. The molecule has 1 amide bonds. The number of halogens is 3. The van der Waals surface area contributed by atoms with E-state index in [0.717, 1.165) is 44.7 Å². The Morgan fingerprint density at radius 1 is 1.10 bits per heavy atom. The SMILES string of the molecule is O=C(Cn1ccc(C(F)(F)F)n1)N/N=C/c1c(-c2ccccc2)[nH]c2ccccc12. The number of H-pyrrole nitrogens is 1. The Bertz CT molecular complexity index is 1210. The second kappa shape index (κ2) is 7.86. The van der Waals surface area contributed by atoms with Gasteiger partial charge in [0, 0.05) is 22.7 Å². The zero-order chi connectivity index (χ0) is 21.1. The average molecular weight is 411 g/mol. The van der Waals surface area contributed by atoms with Crippen LogP contribution in [-0.4, -0.2) is 26.9 Å². The Labute approximate surface area is 169 Å². The summed E-state index contributed by atoms with van der Waals surface area (Å²) in [5, 5.41) is 8.27. The summed E-state index contributed by atoms with van der Waals surface area (Å²) in [7, 11) is 0. The first-order valence-corrected chi connectivity index (χ1v) is 9.00. The van der Waals surface area contributed by atoms with Gasteiger partial charge in [0.1, 0.15) is 6.54 Å². The number of benzene rings is 2. The van der Waals surface area contributed by atoms with Gasteiger partial charge in [0.2, 0.25) is 0 Å². The van der Waals surface area contributed by atoms with E-state index in [2.05, 4.69) is 20.6 Å². The molecule has 2 N–H and O–H groups in total. The third-order valence-corrected chi connectivity index (χ3v) is 4.43. The number of fused-ring (bicyclic) bond motifs is 1. The summed E-state index contributed by atoms with van der Waals surface area (Å²) in [5.74, 6) is -0.593. The number of amides is 1. The summed E-state index contributed by atoms with van der Waals surface area (Å²) in [4.78, 5) is 15.4. The molecule has 0 aliphatic rings. The fraction of sp³-hybridized carbons (Fsp3) is 0.0952. The number of aromatic amines is 1. The summed E-state index contributed by atoms with van der Waals surface area (Å²) in [6.07, 6.45) is -1.94. The summed E-state index contributed by atoms with van der Waals surface area (Å²) in [5.41, 5.74) is 4.79. The highest BCUT2D eigenvalue weighted by molar-refractivity contribution is 6.06. The first-order chi connectivity index (χ1) is 14.4. The highest BCUT2D eigenvalue weighted by Crippen LogP contribution is 2.29. The summed E-state index contributed by atoms with van der Waals surface area (Å²) in [6, 6.07) is 18.2. The van der Waals surface area contributed by atoms with Crippen molar-refractivity contribution >= 4 is 23.0 Å². The Hall–Kier alpha value is -3.88. The number of nitrogens with one attached hydrogen (secondary N) is 2. The van der Waals surface area contributed by atoms with Crippen LogP contribution in [0, 0.1) is 0 Å². The minimum Gasteiger partial charge on any atom is -0.354 e. The van der Waals surface area contributed by atoms with Crippen LogP contribution < -0.4 is 5.43 Å². The number of hydrogen-bond acceptors (Lipinski definition) is 3. The Balaban J connectivity index is 1.53. The molecule has 0 saturated carbocycles. The molecule has 0 radical (unpaired) electrons. The maximum absolute atomic E-state index is 12.6. The van der Waals surface area contributed by atoms with Crippen LogP contribution in [0.3, 0.4) is 0 Å². The van der Waals surface area contributed by atoms with Crippen molar-refractivity contribution in [1.82, 2.24) is 20.2 Å². The lowest BCUT2D eigenvalue weighted by molar-refractivity contribution is -0.141. The van der Waals surface area contributed by atoms with E-state index in [-0.39, 0.29) is 6.54 Å². The molecule has 0 aliphatic carbocycles. The van der Waals surface area contributed by atoms with E-state index in [1.165, 1.54) is 6.21 Å². The minimum absolute atomic E-state index is 0.382. The van der Waals surface area contributed by atoms with Crippen LogP contribution in [0.1, 0.15) is 11.3 Å². The molecule has 0 atom stereocenters. The van der Waals surface area contributed by atoms with Crippen molar-refractivity contribution < 1.29 is 18.0 Å². The van der Waals surface area contributed by atoms with Crippen LogP contribution >= 0.6 is 0 Å². The fourth-order valence-electron chi connectivity index (χ4n) is 3.08. The van der Waals surface area contributed by atoms with Gasteiger partial charge in [0.15, 0.2) is 5.69 Å². The quantitative estimate of drug-likeness (QED) is 0.382. The van der Waals surface area contributed by atoms with Crippen molar-refractivity contribution in [3.63, 3.8) is 0 Å². The number of rotatable bonds is 5. The zero-order valence-electron chi connectivity index (χ0n) is 15.5. The van der Waals surface area contributed by atoms with Gasteiger partial charge in [-0.15, -0.1) is 0 Å². The number of carbonyl (C=O) groups is 1. The topological polar surface area (TPSA) is 75.1 Å². The molecule has 30 heavy (non-hydrogen) atoms. The number of alkyl halides is 3. The van der Waals surface area contributed by atoms with Gasteiger partial charge in [-0.05, 0) is 17.7 Å². The van der Waals surface area contributed by atoms with Gasteiger partial charge >= 0.3 is 6.18 Å². The van der Waals surface area contributed by atoms with E-state index in [1.807, 2.05) is 54.6 Å². The average Bonchev–Trinajstić information content (AvgIpc) is 3.34. The van der Waals surface area contributed by atoms with Crippen LogP contribution in [0.2, 0.25) is 0 Å². The Kier molecular flexibility index (Phi) is 5.09. The lowest BCUT2D eigenvalue weighted by atomic mass is 10.1. The number of nitrogens with zero attached hydrogens (tertiary/aromatic N) is 3. The molecule has 9 heteroatoms. The van der Waals surface area contributed by atoms with Gasteiger partial charge < -0.3 is 4.98 Å². The molecule has 2 aromatic carbocycles. The molecule has 0 fully saturated rings. The van der Waals surface area contributed by atoms with Gasteiger partial charge in [0.25, 0.3) is 5.91 Å². The monoisotopic (exact) mass is 411 g/mol. The fourth-order valence-corrected chi connectivity index (χ4v) is 3.08. The maximum Gasteiger partial charge on any atom is 0.435 e. The lowest BCUT2D eigenvalue weighted by Gasteiger charge is -2.03. The normalized spacial score (nSPS) is 12.0. The highest BCUT2D eigenvalue weighted by atomic mass is 19.4. The van der Waals surface area contributed by atoms with E-state index in [1.54, 1.807) is 0 Å². The minimum atomic E-state index is -4.55. The molecule has 2 heterocycles. The zero-order valence-corrected chi connectivity index (χ0v) is 15.5. The van der Waals surface area contributed by atoms with Crippen LogP contribution in [0.25, 0.3) is 22.2 Å². The molecule has 0 aliphatic heterocycles. The summed E-state index contributed by atoms with van der Waals surface area (Å²) < 4.78 is 38.7. The first-order valence-electron chi connectivity index (χ1n) is 9.00. The van der Waals surface area contributed by atoms with Crippen molar-refractivity contribution in [3.05, 3.63) is 78.1 Å². The summed E-state index contributed by atoms with van der Waals surface area (Å²) >= 11 is 0. The second-order valence-electron chi connectivity index (χ2n) is 6.51. The van der Waals surface area contributed by atoms with Gasteiger partial charge in [-0.25, -0.2) is 5.43 Å². The molecule has 0 unspecified atom stereocenters. The van der Waals surface area contributed by atoms with Gasteiger partial charge in [0.05, 0.1) is 11.9 Å². The predicted molar refractivity (Wildman–Crippen MR) is 107 cm³/mol. The molecule has 0 bridgehead atoms. The van der Waals surface area contributed by atoms with E-state index < -0.39 is 17.8 Å². The van der Waals surface area contributed by atoms with Crippen LogP contribution in [0.5, 0.6) is 0 Å². The largest absolute Gasteiger partial charge is 0.435 e. The van der Waals surface area contributed by atoms with Gasteiger partial charge in [-0.2, -0.15) is 23.4 Å². The van der Waals surface area contributed by atoms with Crippen LogP contribution in [-0.2, 0) is 17.5 Å². The van der Waals surface area contributed by atoms with E-state index in [9.17, 15) is 18.0 Å². The van der Waals surface area contributed by atoms with Crippen molar-refractivity contribution in [2.45, 2.75) is 12.7 Å². The van der Waals surface area contributed by atoms with E-state index >= 15 is 0 Å². The first kappa shape index (κ1) is 19.4. The molecule has 2 aromatic heterocycles. The highest BCUT2D eigenvalue weighted by Gasteiger charge is 2.33. The number of aromatic nitrogens is 3. The molecule has 6 nitrogen and oxygen atoms in total. The number of hydrazone groups is 1. The number of hydrogen-bond donors (Lipinski definition) is 2. The third kappa shape index (κ3) is 4.09. The van der Waals surface area contributed by atoms with E-state index in [0.29, 0.717) is 0 Å².